The Morgan fingerprint density at radius 1 is 1.16 bits per heavy atom. The molecule has 0 amide bonds. The third-order valence-corrected chi connectivity index (χ3v) is 4.83. The molecule has 3 aromatic rings. The molecule has 2 aromatic heterocycles. The highest BCUT2D eigenvalue weighted by Gasteiger charge is 2.11. The number of fused-ring (bicyclic) bond motifs is 1. The molecule has 2 nitrogen and oxygen atoms in total. The van der Waals surface area contributed by atoms with E-state index in [-0.39, 0.29) is 5.78 Å². The molecule has 19 heavy (non-hydrogen) atoms. The number of ketones is 1. The van der Waals surface area contributed by atoms with Gasteiger partial charge in [0.2, 0.25) is 0 Å². The molecular weight excluding hydrogens is 274 g/mol. The van der Waals surface area contributed by atoms with Crippen molar-refractivity contribution in [2.45, 2.75) is 19.8 Å². The maximum absolute atomic E-state index is 12.1. The molecule has 0 unspecified atom stereocenters. The molecule has 4 heteroatoms. The van der Waals surface area contributed by atoms with Crippen LogP contribution in [-0.2, 0) is 17.6 Å². The number of rotatable bonds is 4. The van der Waals surface area contributed by atoms with E-state index in [9.17, 15) is 4.79 Å². The van der Waals surface area contributed by atoms with Gasteiger partial charge < -0.3 is 0 Å². The van der Waals surface area contributed by atoms with E-state index < -0.39 is 0 Å². The molecule has 0 fully saturated rings. The number of nitrogens with zero attached hydrogens (tertiary/aromatic N) is 1. The van der Waals surface area contributed by atoms with Crippen LogP contribution in [0.3, 0.4) is 0 Å². The molecule has 0 N–H and O–H groups in total. The molecule has 96 valence electrons. The number of carbonyl (C=O) groups excluding carboxylic acids is 1. The monoisotopic (exact) mass is 287 g/mol. The van der Waals surface area contributed by atoms with Crippen LogP contribution in [0.5, 0.6) is 0 Å². The highest BCUT2D eigenvalue weighted by Crippen LogP contribution is 2.26. The third-order valence-electron chi connectivity index (χ3n) is 2.99. The number of aromatic nitrogens is 1. The van der Waals surface area contributed by atoms with E-state index in [2.05, 4.69) is 22.5 Å². The lowest BCUT2D eigenvalue weighted by atomic mass is 10.1. The number of thiazole rings is 1. The molecule has 3 rings (SSSR count). The summed E-state index contributed by atoms with van der Waals surface area (Å²) in [6.45, 7) is 1.96. The van der Waals surface area contributed by atoms with Gasteiger partial charge in [-0.25, -0.2) is 4.98 Å². The molecule has 2 heterocycles. The topological polar surface area (TPSA) is 30.0 Å². The molecule has 0 atom stereocenters. The number of hydrogen-bond donors (Lipinski definition) is 0. The van der Waals surface area contributed by atoms with Crippen molar-refractivity contribution in [3.05, 3.63) is 51.3 Å². The normalized spacial score (nSPS) is 11.0. The molecule has 0 radical (unpaired) electrons. The second-order valence-electron chi connectivity index (χ2n) is 4.51. The predicted octanol–water partition coefficient (Wildman–Crippen LogP) is 4.02. The molecule has 0 aliphatic heterocycles. The van der Waals surface area contributed by atoms with Gasteiger partial charge in [0.1, 0.15) is 5.78 Å². The number of carbonyl (C=O) groups is 1. The quantitative estimate of drug-likeness (QED) is 0.725. The van der Waals surface area contributed by atoms with E-state index in [4.69, 9.17) is 0 Å². The zero-order valence-corrected chi connectivity index (χ0v) is 12.2. The summed E-state index contributed by atoms with van der Waals surface area (Å²) in [6, 6.07) is 8.23. The minimum Gasteiger partial charge on any atom is -0.299 e. The fourth-order valence-corrected chi connectivity index (χ4v) is 3.71. The van der Waals surface area contributed by atoms with Gasteiger partial charge in [-0.05, 0) is 29.3 Å². The number of Topliss-reactive ketones (excluding diaryl/α,β-unsaturated/α-hetero) is 1. The first-order valence-electron chi connectivity index (χ1n) is 6.10. The molecule has 1 aromatic carbocycles. The highest BCUT2D eigenvalue weighted by molar-refractivity contribution is 7.17. The van der Waals surface area contributed by atoms with Crippen molar-refractivity contribution in [3.63, 3.8) is 0 Å². The summed E-state index contributed by atoms with van der Waals surface area (Å²) < 4.78 is 1.25. The van der Waals surface area contributed by atoms with E-state index in [1.807, 2.05) is 24.4 Å². The Balaban J connectivity index is 1.76. The van der Waals surface area contributed by atoms with E-state index in [0.717, 1.165) is 16.3 Å². The van der Waals surface area contributed by atoms with Gasteiger partial charge in [0.25, 0.3) is 0 Å². The molecule has 0 bridgehead atoms. The van der Waals surface area contributed by atoms with E-state index in [0.29, 0.717) is 12.8 Å². The Bertz CT molecular complexity index is 726. The van der Waals surface area contributed by atoms with Crippen LogP contribution in [0.4, 0.5) is 0 Å². The summed E-state index contributed by atoms with van der Waals surface area (Å²) in [4.78, 5) is 16.4. The van der Waals surface area contributed by atoms with Gasteiger partial charge in [0, 0.05) is 22.9 Å². The van der Waals surface area contributed by atoms with Gasteiger partial charge in [-0.2, -0.15) is 0 Å². The Kier molecular flexibility index (Phi) is 3.44. The summed E-state index contributed by atoms with van der Waals surface area (Å²) >= 11 is 3.30. The first-order valence-corrected chi connectivity index (χ1v) is 7.86. The standard InChI is InChI=1S/C15H13NOS2/c1-10-16-12(9-18-10)7-13(17)6-11-8-19-15-5-3-2-4-14(11)15/h2-5,8-9H,6-7H2,1H3. The summed E-state index contributed by atoms with van der Waals surface area (Å²) in [5.41, 5.74) is 2.03. The van der Waals surface area contributed by atoms with Gasteiger partial charge in [-0.1, -0.05) is 18.2 Å². The summed E-state index contributed by atoms with van der Waals surface area (Å²) in [7, 11) is 0. The van der Waals surface area contributed by atoms with Crippen molar-refractivity contribution in [3.8, 4) is 0 Å². The second kappa shape index (κ2) is 5.23. The van der Waals surface area contributed by atoms with Gasteiger partial charge in [-0.15, -0.1) is 22.7 Å². The number of hydrogen-bond acceptors (Lipinski definition) is 4. The molecule has 0 saturated heterocycles. The molecule has 0 aliphatic rings. The Morgan fingerprint density at radius 2 is 2.00 bits per heavy atom. The average molecular weight is 287 g/mol. The van der Waals surface area contributed by atoms with E-state index >= 15 is 0 Å². The number of benzene rings is 1. The smallest absolute Gasteiger partial charge is 0.143 e. The Hall–Kier alpha value is -1.52. The van der Waals surface area contributed by atoms with Crippen molar-refractivity contribution in [2.75, 3.05) is 0 Å². The third kappa shape index (κ3) is 2.74. The zero-order valence-electron chi connectivity index (χ0n) is 10.6. The van der Waals surface area contributed by atoms with Gasteiger partial charge in [0.15, 0.2) is 0 Å². The minimum atomic E-state index is 0.230. The maximum Gasteiger partial charge on any atom is 0.143 e. The summed E-state index contributed by atoms with van der Waals surface area (Å²) in [5, 5.41) is 6.28. The summed E-state index contributed by atoms with van der Waals surface area (Å²) in [5.74, 6) is 0.230. The lowest BCUT2D eigenvalue weighted by Gasteiger charge is -1.98. The predicted molar refractivity (Wildman–Crippen MR) is 81.1 cm³/mol. The highest BCUT2D eigenvalue weighted by atomic mass is 32.1. The van der Waals surface area contributed by atoms with Crippen LogP contribution in [0.15, 0.2) is 35.0 Å². The zero-order chi connectivity index (χ0) is 13.2. The van der Waals surface area contributed by atoms with Crippen molar-refractivity contribution in [1.82, 2.24) is 4.98 Å². The van der Waals surface area contributed by atoms with Gasteiger partial charge in [-0.3, -0.25) is 4.79 Å². The van der Waals surface area contributed by atoms with Crippen LogP contribution >= 0.6 is 22.7 Å². The Morgan fingerprint density at radius 3 is 2.79 bits per heavy atom. The van der Waals surface area contributed by atoms with Crippen molar-refractivity contribution in [1.29, 1.82) is 0 Å². The molecule has 0 saturated carbocycles. The first-order chi connectivity index (χ1) is 9.22. The van der Waals surface area contributed by atoms with Crippen LogP contribution < -0.4 is 0 Å². The van der Waals surface area contributed by atoms with E-state index in [1.165, 1.54) is 10.1 Å². The van der Waals surface area contributed by atoms with Crippen LogP contribution in [0.25, 0.3) is 10.1 Å². The minimum absolute atomic E-state index is 0.230. The SMILES string of the molecule is Cc1nc(CC(=O)Cc2csc3ccccc23)cs1. The Labute approximate surface area is 119 Å². The van der Waals surface area contributed by atoms with Crippen LogP contribution in [0.2, 0.25) is 0 Å². The van der Waals surface area contributed by atoms with Crippen molar-refractivity contribution < 1.29 is 4.79 Å². The average Bonchev–Trinajstić information content (AvgIpc) is 2.97. The molecule has 0 spiro atoms. The van der Waals surface area contributed by atoms with E-state index in [1.54, 1.807) is 22.7 Å². The second-order valence-corrected chi connectivity index (χ2v) is 6.48. The van der Waals surface area contributed by atoms with Crippen LogP contribution in [-0.4, -0.2) is 10.8 Å². The molecule has 0 aliphatic carbocycles. The largest absolute Gasteiger partial charge is 0.299 e. The van der Waals surface area contributed by atoms with Crippen LogP contribution in [0, 0.1) is 6.92 Å². The van der Waals surface area contributed by atoms with Gasteiger partial charge >= 0.3 is 0 Å². The fourth-order valence-electron chi connectivity index (χ4n) is 2.14. The number of aryl methyl sites for hydroxylation is 1. The van der Waals surface area contributed by atoms with Gasteiger partial charge in [0.05, 0.1) is 10.7 Å². The van der Waals surface area contributed by atoms with Crippen molar-refractivity contribution >= 4 is 38.5 Å². The van der Waals surface area contributed by atoms with Crippen LogP contribution in [0.1, 0.15) is 16.3 Å². The molecular formula is C15H13NOS2. The van der Waals surface area contributed by atoms with Crippen molar-refractivity contribution in [2.24, 2.45) is 0 Å². The first kappa shape index (κ1) is 12.5. The maximum atomic E-state index is 12.1. The summed E-state index contributed by atoms with van der Waals surface area (Å²) in [6.07, 6.45) is 0.940. The lowest BCUT2D eigenvalue weighted by Crippen LogP contribution is -2.06. The number of thiophene rings is 1. The lowest BCUT2D eigenvalue weighted by molar-refractivity contribution is -0.117. The fraction of sp³-hybridized carbons (Fsp3) is 0.200.